The molecule has 1 heterocycles. The van der Waals surface area contributed by atoms with Gasteiger partial charge in [0.1, 0.15) is 0 Å². The lowest BCUT2D eigenvalue weighted by molar-refractivity contribution is 0.102. The minimum atomic E-state index is -2.90. The number of nitrogens with one attached hydrogen (secondary N) is 1. The van der Waals surface area contributed by atoms with Crippen LogP contribution in [0.3, 0.4) is 0 Å². The molecule has 1 fully saturated rings. The third-order valence-electron chi connectivity index (χ3n) is 4.32. The van der Waals surface area contributed by atoms with Crippen LogP contribution in [0, 0.1) is 0 Å². The molecule has 2 aromatic carbocycles. The van der Waals surface area contributed by atoms with Crippen LogP contribution in [0.5, 0.6) is 0 Å². The standard InChI is InChI=1S/C18H20N2O3S/c1-20(17-11-12-24(22,23)13-17)16-9-7-15(8-10-16)19-18(21)14-5-3-2-4-6-14/h2-10,17H,11-13H2,1H3,(H,19,21). The number of hydrogen-bond donors (Lipinski definition) is 1. The van der Waals surface area contributed by atoms with Crippen molar-refractivity contribution in [2.24, 2.45) is 0 Å². The molecule has 6 heteroatoms. The van der Waals surface area contributed by atoms with Crippen molar-refractivity contribution in [2.75, 3.05) is 28.8 Å². The summed E-state index contributed by atoms with van der Waals surface area (Å²) in [6.45, 7) is 0. The molecule has 2 aromatic rings. The molecule has 0 aromatic heterocycles. The number of amides is 1. The van der Waals surface area contributed by atoms with Crippen LogP contribution in [0.1, 0.15) is 16.8 Å². The zero-order valence-corrected chi connectivity index (χ0v) is 14.3. The maximum absolute atomic E-state index is 12.1. The topological polar surface area (TPSA) is 66.5 Å². The number of benzene rings is 2. The summed E-state index contributed by atoms with van der Waals surface area (Å²) in [6.07, 6.45) is 0.658. The molecule has 0 aliphatic carbocycles. The van der Waals surface area contributed by atoms with Crippen molar-refractivity contribution < 1.29 is 13.2 Å². The fraction of sp³-hybridized carbons (Fsp3) is 0.278. The monoisotopic (exact) mass is 344 g/mol. The summed E-state index contributed by atoms with van der Waals surface area (Å²) in [7, 11) is -0.996. The zero-order valence-electron chi connectivity index (χ0n) is 13.5. The molecule has 1 aliphatic heterocycles. The Balaban J connectivity index is 1.66. The Bertz CT molecular complexity index is 817. The predicted octanol–water partition coefficient (Wildman–Crippen LogP) is 2.56. The van der Waals surface area contributed by atoms with Gasteiger partial charge in [-0.25, -0.2) is 8.42 Å². The molecular weight excluding hydrogens is 324 g/mol. The van der Waals surface area contributed by atoms with E-state index in [1.54, 1.807) is 12.1 Å². The molecular formula is C18H20N2O3S. The van der Waals surface area contributed by atoms with Crippen LogP contribution in [0.25, 0.3) is 0 Å². The lowest BCUT2D eigenvalue weighted by atomic mass is 10.2. The van der Waals surface area contributed by atoms with Gasteiger partial charge in [-0.1, -0.05) is 18.2 Å². The first-order valence-corrected chi connectivity index (χ1v) is 9.66. The highest BCUT2D eigenvalue weighted by Crippen LogP contribution is 2.24. The van der Waals surface area contributed by atoms with Crippen molar-refractivity contribution in [3.8, 4) is 0 Å². The molecule has 1 atom stereocenters. The molecule has 0 bridgehead atoms. The number of hydrogen-bond acceptors (Lipinski definition) is 4. The molecule has 0 radical (unpaired) electrons. The van der Waals surface area contributed by atoms with Gasteiger partial charge in [0.25, 0.3) is 5.91 Å². The smallest absolute Gasteiger partial charge is 0.255 e. The van der Waals surface area contributed by atoms with Gasteiger partial charge in [0.05, 0.1) is 11.5 Å². The van der Waals surface area contributed by atoms with Crippen LogP contribution in [0.15, 0.2) is 54.6 Å². The van der Waals surface area contributed by atoms with Crippen LogP contribution < -0.4 is 10.2 Å². The Morgan fingerprint density at radius 3 is 2.33 bits per heavy atom. The maximum Gasteiger partial charge on any atom is 0.255 e. The van der Waals surface area contributed by atoms with Gasteiger partial charge < -0.3 is 10.2 Å². The van der Waals surface area contributed by atoms with Crippen molar-refractivity contribution in [3.63, 3.8) is 0 Å². The highest BCUT2D eigenvalue weighted by Gasteiger charge is 2.30. The lowest BCUT2D eigenvalue weighted by Crippen LogP contribution is -2.32. The fourth-order valence-electron chi connectivity index (χ4n) is 2.86. The Kier molecular flexibility index (Phi) is 4.57. The van der Waals surface area contributed by atoms with Gasteiger partial charge in [-0.2, -0.15) is 0 Å². The second-order valence-corrected chi connectivity index (χ2v) is 8.26. The van der Waals surface area contributed by atoms with E-state index in [-0.39, 0.29) is 23.5 Å². The molecule has 1 aliphatic rings. The minimum Gasteiger partial charge on any atom is -0.371 e. The number of nitrogens with zero attached hydrogens (tertiary/aromatic N) is 1. The zero-order chi connectivity index (χ0) is 17.2. The van der Waals surface area contributed by atoms with E-state index in [1.807, 2.05) is 54.4 Å². The van der Waals surface area contributed by atoms with Gasteiger partial charge in [-0.15, -0.1) is 0 Å². The second kappa shape index (κ2) is 6.65. The van der Waals surface area contributed by atoms with Crippen molar-refractivity contribution in [1.29, 1.82) is 0 Å². The Labute approximate surface area is 142 Å². The second-order valence-electron chi connectivity index (χ2n) is 6.03. The summed E-state index contributed by atoms with van der Waals surface area (Å²) in [4.78, 5) is 14.1. The quantitative estimate of drug-likeness (QED) is 0.926. The van der Waals surface area contributed by atoms with Gasteiger partial charge in [0.2, 0.25) is 0 Å². The van der Waals surface area contributed by atoms with Crippen LogP contribution >= 0.6 is 0 Å². The number of carbonyl (C=O) groups is 1. The number of sulfone groups is 1. The molecule has 0 spiro atoms. The van der Waals surface area contributed by atoms with E-state index < -0.39 is 9.84 Å². The average molecular weight is 344 g/mol. The number of rotatable bonds is 4. The first-order valence-electron chi connectivity index (χ1n) is 7.84. The predicted molar refractivity (Wildman–Crippen MR) is 96.3 cm³/mol. The summed E-state index contributed by atoms with van der Waals surface area (Å²) in [5.41, 5.74) is 2.25. The molecule has 1 N–H and O–H groups in total. The lowest BCUT2D eigenvalue weighted by Gasteiger charge is -2.25. The summed E-state index contributed by atoms with van der Waals surface area (Å²) in [5, 5.41) is 2.85. The molecule has 126 valence electrons. The SMILES string of the molecule is CN(c1ccc(NC(=O)c2ccccc2)cc1)C1CCS(=O)(=O)C1. The molecule has 24 heavy (non-hydrogen) atoms. The maximum atomic E-state index is 12.1. The van der Waals surface area contributed by atoms with E-state index in [4.69, 9.17) is 0 Å². The first-order chi connectivity index (χ1) is 11.4. The summed E-state index contributed by atoms with van der Waals surface area (Å²) < 4.78 is 23.2. The highest BCUT2D eigenvalue weighted by atomic mass is 32.2. The van der Waals surface area contributed by atoms with E-state index in [1.165, 1.54) is 0 Å². The molecule has 0 saturated carbocycles. The van der Waals surface area contributed by atoms with Gasteiger partial charge >= 0.3 is 0 Å². The molecule has 1 saturated heterocycles. The van der Waals surface area contributed by atoms with Gasteiger partial charge in [-0.3, -0.25) is 4.79 Å². The van der Waals surface area contributed by atoms with E-state index in [2.05, 4.69) is 5.32 Å². The summed E-state index contributed by atoms with van der Waals surface area (Å²) >= 11 is 0. The fourth-order valence-corrected chi connectivity index (χ4v) is 4.64. The molecule has 5 nitrogen and oxygen atoms in total. The third kappa shape index (κ3) is 3.76. The largest absolute Gasteiger partial charge is 0.371 e. The number of anilines is 2. The van der Waals surface area contributed by atoms with Crippen LogP contribution in [-0.4, -0.2) is 38.9 Å². The highest BCUT2D eigenvalue weighted by molar-refractivity contribution is 7.91. The third-order valence-corrected chi connectivity index (χ3v) is 6.07. The first kappa shape index (κ1) is 16.5. The Morgan fingerprint density at radius 1 is 1.08 bits per heavy atom. The van der Waals surface area contributed by atoms with Crippen LogP contribution in [0.2, 0.25) is 0 Å². The normalized spacial score (nSPS) is 19.0. The van der Waals surface area contributed by atoms with E-state index in [0.29, 0.717) is 17.7 Å². The van der Waals surface area contributed by atoms with E-state index in [0.717, 1.165) is 5.69 Å². The van der Waals surface area contributed by atoms with Gasteiger partial charge in [0, 0.05) is 30.0 Å². The van der Waals surface area contributed by atoms with E-state index in [9.17, 15) is 13.2 Å². The minimum absolute atomic E-state index is 0.0137. The summed E-state index contributed by atoms with van der Waals surface area (Å²) in [6, 6.07) is 16.5. The van der Waals surface area contributed by atoms with Gasteiger partial charge in [-0.05, 0) is 42.8 Å². The van der Waals surface area contributed by atoms with Crippen molar-refractivity contribution in [3.05, 3.63) is 60.2 Å². The van der Waals surface area contributed by atoms with Gasteiger partial charge in [0.15, 0.2) is 9.84 Å². The Morgan fingerprint density at radius 2 is 1.75 bits per heavy atom. The van der Waals surface area contributed by atoms with Crippen molar-refractivity contribution >= 4 is 27.1 Å². The molecule has 3 rings (SSSR count). The van der Waals surface area contributed by atoms with E-state index >= 15 is 0 Å². The molecule has 1 unspecified atom stereocenters. The molecule has 1 amide bonds. The van der Waals surface area contributed by atoms with Crippen LogP contribution in [-0.2, 0) is 9.84 Å². The Hall–Kier alpha value is -2.34. The average Bonchev–Trinajstić information content (AvgIpc) is 2.95. The summed E-state index contributed by atoms with van der Waals surface area (Å²) in [5.74, 6) is 0.307. The van der Waals surface area contributed by atoms with Crippen molar-refractivity contribution in [2.45, 2.75) is 12.5 Å². The van der Waals surface area contributed by atoms with Crippen LogP contribution in [0.4, 0.5) is 11.4 Å². The van der Waals surface area contributed by atoms with Crippen molar-refractivity contribution in [1.82, 2.24) is 0 Å². The number of carbonyl (C=O) groups excluding carboxylic acids is 1.